The molecule has 1 aromatic carbocycles. The predicted molar refractivity (Wildman–Crippen MR) is 107 cm³/mol. The van der Waals surface area contributed by atoms with Crippen LogP contribution in [0.1, 0.15) is 37.0 Å². The Morgan fingerprint density at radius 2 is 2.10 bits per heavy atom. The van der Waals surface area contributed by atoms with Crippen molar-refractivity contribution in [3.05, 3.63) is 51.3 Å². The summed E-state index contributed by atoms with van der Waals surface area (Å²) in [4.78, 5) is 30.5. The normalized spacial score (nSPS) is 19.2. The maximum absolute atomic E-state index is 13.3. The van der Waals surface area contributed by atoms with Crippen LogP contribution in [-0.2, 0) is 28.3 Å². The molecule has 1 atom stereocenters. The number of carbonyl (C=O) groups excluding carboxylic acids is 1. The van der Waals surface area contributed by atoms with Gasteiger partial charge in [-0.25, -0.2) is 9.78 Å². The van der Waals surface area contributed by atoms with Gasteiger partial charge in [0.2, 0.25) is 0 Å². The number of phenols is 1. The van der Waals surface area contributed by atoms with Gasteiger partial charge in [0.25, 0.3) is 5.56 Å². The van der Waals surface area contributed by atoms with E-state index in [0.29, 0.717) is 22.3 Å². The lowest BCUT2D eigenvalue weighted by molar-refractivity contribution is -0.172. The molecule has 8 heteroatoms. The summed E-state index contributed by atoms with van der Waals surface area (Å²) in [6.07, 6.45) is 0.0354. The van der Waals surface area contributed by atoms with Gasteiger partial charge in [0.15, 0.2) is 11.4 Å². The van der Waals surface area contributed by atoms with Crippen molar-refractivity contribution in [2.75, 3.05) is 6.61 Å². The molecule has 3 aromatic rings. The molecule has 2 N–H and O–H groups in total. The lowest BCUT2D eigenvalue weighted by Gasteiger charge is -2.33. The number of aromatic hydroxyl groups is 1. The van der Waals surface area contributed by atoms with Crippen molar-refractivity contribution in [2.45, 2.75) is 39.0 Å². The SMILES string of the molecule is CCOc1c2c(c(=O)n3c1-c1nc4cccc(O)c4cc1C3)COC(=O)[C@]2(O)CC. The Morgan fingerprint density at radius 3 is 2.83 bits per heavy atom. The number of phenolic OH excluding ortho intramolecular Hbond substituents is 1. The number of aromatic nitrogens is 2. The lowest BCUT2D eigenvalue weighted by Crippen LogP contribution is -2.45. The van der Waals surface area contributed by atoms with Crippen LogP contribution in [0, 0.1) is 0 Å². The minimum Gasteiger partial charge on any atom is -0.507 e. The molecule has 0 bridgehead atoms. The Morgan fingerprint density at radius 1 is 1.30 bits per heavy atom. The topological polar surface area (TPSA) is 111 Å². The number of fused-ring (bicyclic) bond motifs is 5. The molecule has 0 radical (unpaired) electrons. The Kier molecular flexibility index (Phi) is 3.91. The second-order valence-electron chi connectivity index (χ2n) is 7.49. The van der Waals surface area contributed by atoms with Gasteiger partial charge in [-0.05, 0) is 31.5 Å². The Balaban J connectivity index is 1.89. The number of aliphatic hydroxyl groups is 1. The van der Waals surface area contributed by atoms with Crippen molar-refractivity contribution in [2.24, 2.45) is 0 Å². The summed E-state index contributed by atoms with van der Waals surface area (Å²) >= 11 is 0. The van der Waals surface area contributed by atoms with Crippen molar-refractivity contribution in [1.29, 1.82) is 0 Å². The highest BCUT2D eigenvalue weighted by Crippen LogP contribution is 2.47. The fraction of sp³-hybridized carbons (Fsp3) is 0.318. The van der Waals surface area contributed by atoms with Gasteiger partial charge in [-0.15, -0.1) is 0 Å². The molecule has 0 saturated carbocycles. The van der Waals surface area contributed by atoms with E-state index < -0.39 is 11.6 Å². The van der Waals surface area contributed by atoms with Crippen LogP contribution in [0.25, 0.3) is 22.3 Å². The standard InChI is InChI=1S/C22H20N2O6/c1-3-22(28)16-13(10-30-21(22)27)20(26)24-9-11-8-12-14(6-5-7-15(12)25)23-17(11)18(24)19(16)29-4-2/h5-8,25,28H,3-4,9-10H2,1-2H3/t22-/m0/s1. The molecule has 0 amide bonds. The van der Waals surface area contributed by atoms with E-state index in [9.17, 15) is 19.8 Å². The fourth-order valence-electron chi connectivity index (χ4n) is 4.39. The van der Waals surface area contributed by atoms with Crippen LogP contribution in [0.5, 0.6) is 11.5 Å². The molecule has 0 saturated heterocycles. The maximum atomic E-state index is 13.3. The molecule has 8 nitrogen and oxygen atoms in total. The minimum absolute atomic E-state index is 0.0354. The first-order valence-corrected chi connectivity index (χ1v) is 9.85. The van der Waals surface area contributed by atoms with Gasteiger partial charge in [-0.2, -0.15) is 0 Å². The highest BCUT2D eigenvalue weighted by atomic mass is 16.6. The van der Waals surface area contributed by atoms with Gasteiger partial charge in [0.1, 0.15) is 18.1 Å². The Labute approximate surface area is 171 Å². The van der Waals surface area contributed by atoms with Crippen molar-refractivity contribution in [1.82, 2.24) is 9.55 Å². The average molecular weight is 408 g/mol. The first kappa shape index (κ1) is 18.6. The fourth-order valence-corrected chi connectivity index (χ4v) is 4.39. The van der Waals surface area contributed by atoms with E-state index in [4.69, 9.17) is 9.47 Å². The number of nitrogens with zero attached hydrogens (tertiary/aromatic N) is 2. The summed E-state index contributed by atoms with van der Waals surface area (Å²) in [5.41, 5.74) is 0.350. The number of carbonyl (C=O) groups is 1. The third kappa shape index (κ3) is 2.28. The predicted octanol–water partition coefficient (Wildman–Crippen LogP) is 2.18. The van der Waals surface area contributed by atoms with Gasteiger partial charge in [0, 0.05) is 10.9 Å². The maximum Gasteiger partial charge on any atom is 0.343 e. The summed E-state index contributed by atoms with van der Waals surface area (Å²) in [5, 5.41) is 21.9. The van der Waals surface area contributed by atoms with Gasteiger partial charge >= 0.3 is 5.97 Å². The van der Waals surface area contributed by atoms with E-state index in [1.165, 1.54) is 4.57 Å². The van der Waals surface area contributed by atoms with Gasteiger partial charge in [-0.1, -0.05) is 13.0 Å². The van der Waals surface area contributed by atoms with Crippen LogP contribution < -0.4 is 10.3 Å². The Hall–Kier alpha value is -3.39. The van der Waals surface area contributed by atoms with Crippen LogP contribution in [0.2, 0.25) is 0 Å². The molecule has 5 rings (SSSR count). The molecular formula is C22H20N2O6. The summed E-state index contributed by atoms with van der Waals surface area (Å²) in [6, 6.07) is 6.86. The van der Waals surface area contributed by atoms with E-state index in [1.54, 1.807) is 32.0 Å². The second-order valence-corrected chi connectivity index (χ2v) is 7.49. The number of hydrogen-bond donors (Lipinski definition) is 2. The molecule has 154 valence electrons. The quantitative estimate of drug-likeness (QED) is 0.500. The van der Waals surface area contributed by atoms with Crippen LogP contribution in [0.4, 0.5) is 0 Å². The smallest absolute Gasteiger partial charge is 0.343 e. The molecule has 4 heterocycles. The first-order valence-electron chi connectivity index (χ1n) is 9.85. The third-order valence-electron chi connectivity index (χ3n) is 5.88. The minimum atomic E-state index is -1.97. The van der Waals surface area contributed by atoms with Crippen LogP contribution in [0.15, 0.2) is 29.1 Å². The van der Waals surface area contributed by atoms with Gasteiger partial charge < -0.3 is 19.7 Å². The zero-order chi connectivity index (χ0) is 21.2. The number of cyclic esters (lactones) is 1. The monoisotopic (exact) mass is 408 g/mol. The average Bonchev–Trinajstić information content (AvgIpc) is 3.11. The molecule has 30 heavy (non-hydrogen) atoms. The van der Waals surface area contributed by atoms with Crippen molar-refractivity contribution in [3.8, 4) is 22.9 Å². The van der Waals surface area contributed by atoms with E-state index in [0.717, 1.165) is 5.56 Å². The van der Waals surface area contributed by atoms with Gasteiger partial charge in [-0.3, -0.25) is 9.36 Å². The van der Waals surface area contributed by atoms with Crippen molar-refractivity contribution < 1.29 is 24.5 Å². The molecule has 2 aliphatic rings. The Bertz CT molecular complexity index is 1300. The number of esters is 1. The van der Waals surface area contributed by atoms with Crippen molar-refractivity contribution >= 4 is 16.9 Å². The number of ether oxygens (including phenoxy) is 2. The molecule has 2 aromatic heterocycles. The van der Waals surface area contributed by atoms with Crippen LogP contribution in [0.3, 0.4) is 0 Å². The molecule has 0 aliphatic carbocycles. The largest absolute Gasteiger partial charge is 0.507 e. The number of pyridine rings is 2. The van der Waals surface area contributed by atoms with Crippen LogP contribution >= 0.6 is 0 Å². The van der Waals surface area contributed by atoms with Gasteiger partial charge in [0.05, 0.1) is 35.5 Å². The lowest BCUT2D eigenvalue weighted by atomic mass is 9.85. The second kappa shape index (κ2) is 6.30. The highest BCUT2D eigenvalue weighted by molar-refractivity contribution is 5.91. The highest BCUT2D eigenvalue weighted by Gasteiger charge is 2.48. The van der Waals surface area contributed by atoms with E-state index in [2.05, 4.69) is 4.98 Å². The summed E-state index contributed by atoms with van der Waals surface area (Å²) < 4.78 is 12.6. The summed E-state index contributed by atoms with van der Waals surface area (Å²) in [7, 11) is 0. The zero-order valence-electron chi connectivity index (χ0n) is 16.6. The third-order valence-corrected chi connectivity index (χ3v) is 5.88. The summed E-state index contributed by atoms with van der Waals surface area (Å²) in [6.45, 7) is 3.74. The first-order chi connectivity index (χ1) is 14.4. The molecule has 0 fully saturated rings. The number of benzene rings is 1. The molecular weight excluding hydrogens is 388 g/mol. The number of rotatable bonds is 3. The molecule has 0 unspecified atom stereocenters. The van der Waals surface area contributed by atoms with E-state index >= 15 is 0 Å². The zero-order valence-corrected chi connectivity index (χ0v) is 16.6. The summed E-state index contributed by atoms with van der Waals surface area (Å²) in [5.74, 6) is -0.411. The molecule has 0 spiro atoms. The van der Waals surface area contributed by atoms with E-state index in [-0.39, 0.29) is 54.4 Å². The molecule has 2 aliphatic heterocycles. The van der Waals surface area contributed by atoms with Crippen LogP contribution in [-0.4, -0.2) is 32.3 Å². The number of hydrogen-bond acceptors (Lipinski definition) is 7. The van der Waals surface area contributed by atoms with E-state index in [1.807, 2.05) is 6.07 Å². The van der Waals surface area contributed by atoms with Crippen molar-refractivity contribution in [3.63, 3.8) is 0 Å².